The molecular weight excluding hydrogens is 242 g/mol. The Morgan fingerprint density at radius 1 is 1.42 bits per heavy atom. The molecule has 1 aliphatic rings. The average Bonchev–Trinajstić information content (AvgIpc) is 2.32. The van der Waals surface area contributed by atoms with E-state index in [1.54, 1.807) is 36.9 Å². The Hall–Kier alpha value is -2.04. The van der Waals surface area contributed by atoms with Gasteiger partial charge in [0, 0.05) is 24.3 Å². The van der Waals surface area contributed by atoms with Crippen molar-refractivity contribution in [3.63, 3.8) is 0 Å². The molecule has 1 heterocycles. The number of rotatable bonds is 1. The smallest absolute Gasteiger partial charge is 0.255 e. The average molecular weight is 261 g/mol. The van der Waals surface area contributed by atoms with E-state index in [0.29, 0.717) is 24.3 Å². The Labute approximate surface area is 112 Å². The number of benzene rings is 1. The summed E-state index contributed by atoms with van der Waals surface area (Å²) in [5, 5.41) is 2.78. The van der Waals surface area contributed by atoms with E-state index < -0.39 is 5.54 Å². The molecule has 19 heavy (non-hydrogen) atoms. The Morgan fingerprint density at radius 3 is 2.74 bits per heavy atom. The van der Waals surface area contributed by atoms with Gasteiger partial charge < -0.3 is 16.0 Å². The molecule has 0 radical (unpaired) electrons. The fraction of sp³-hybridized carbons (Fsp3) is 0.429. The molecule has 0 aromatic heterocycles. The number of amides is 2. The summed E-state index contributed by atoms with van der Waals surface area (Å²) in [5.74, 6) is -0.252. The second kappa shape index (κ2) is 4.57. The Balaban J connectivity index is 2.35. The predicted octanol–water partition coefficient (Wildman–Crippen LogP) is 0.928. The monoisotopic (exact) mass is 261 g/mol. The van der Waals surface area contributed by atoms with Gasteiger partial charge in [-0.1, -0.05) is 0 Å². The number of anilines is 1. The van der Waals surface area contributed by atoms with E-state index in [1.807, 2.05) is 6.92 Å². The number of carbonyl (C=O) groups is 2. The molecule has 1 aliphatic heterocycles. The third kappa shape index (κ3) is 2.28. The van der Waals surface area contributed by atoms with Crippen LogP contribution in [0, 0.1) is 6.92 Å². The van der Waals surface area contributed by atoms with Crippen molar-refractivity contribution < 1.29 is 9.59 Å². The van der Waals surface area contributed by atoms with Crippen molar-refractivity contribution in [3.05, 3.63) is 29.3 Å². The second-order valence-corrected chi connectivity index (χ2v) is 5.35. The molecule has 0 bridgehead atoms. The van der Waals surface area contributed by atoms with Crippen LogP contribution < -0.4 is 11.1 Å². The first kappa shape index (κ1) is 13.4. The number of nitrogens with two attached hydrogens (primary N) is 1. The minimum Gasteiger partial charge on any atom is -0.399 e. The normalized spacial score (nSPS) is 18.1. The van der Waals surface area contributed by atoms with E-state index in [4.69, 9.17) is 5.73 Å². The number of hydrogen-bond acceptors (Lipinski definition) is 3. The van der Waals surface area contributed by atoms with E-state index in [2.05, 4.69) is 5.32 Å². The van der Waals surface area contributed by atoms with Crippen molar-refractivity contribution in [1.29, 1.82) is 0 Å². The summed E-state index contributed by atoms with van der Waals surface area (Å²) in [5.41, 5.74) is 6.91. The van der Waals surface area contributed by atoms with Gasteiger partial charge in [0.25, 0.3) is 5.91 Å². The first-order valence-electron chi connectivity index (χ1n) is 6.30. The summed E-state index contributed by atoms with van der Waals surface area (Å²) >= 11 is 0. The highest BCUT2D eigenvalue weighted by molar-refractivity contribution is 6.00. The van der Waals surface area contributed by atoms with Gasteiger partial charge in [-0.2, -0.15) is 0 Å². The Bertz CT molecular complexity index is 537. The van der Waals surface area contributed by atoms with Gasteiger partial charge in [0.15, 0.2) is 0 Å². The predicted molar refractivity (Wildman–Crippen MR) is 73.7 cm³/mol. The molecule has 5 nitrogen and oxygen atoms in total. The summed E-state index contributed by atoms with van der Waals surface area (Å²) in [7, 11) is 0. The number of nitrogens with one attached hydrogen (secondary N) is 1. The highest BCUT2D eigenvalue weighted by Crippen LogP contribution is 2.22. The number of hydrogen-bond donors (Lipinski definition) is 2. The largest absolute Gasteiger partial charge is 0.399 e. The highest BCUT2D eigenvalue weighted by Gasteiger charge is 2.40. The van der Waals surface area contributed by atoms with Gasteiger partial charge in [-0.15, -0.1) is 0 Å². The van der Waals surface area contributed by atoms with Crippen LogP contribution in [0.2, 0.25) is 0 Å². The van der Waals surface area contributed by atoms with Crippen molar-refractivity contribution in [2.24, 2.45) is 0 Å². The molecule has 0 atom stereocenters. The Kier molecular flexibility index (Phi) is 3.22. The molecule has 102 valence electrons. The number of piperazine rings is 1. The van der Waals surface area contributed by atoms with Crippen molar-refractivity contribution in [2.75, 3.05) is 18.8 Å². The number of aryl methyl sites for hydroxylation is 1. The lowest BCUT2D eigenvalue weighted by Gasteiger charge is -2.41. The molecule has 0 unspecified atom stereocenters. The van der Waals surface area contributed by atoms with Gasteiger partial charge in [-0.05, 0) is 44.5 Å². The highest BCUT2D eigenvalue weighted by atomic mass is 16.2. The zero-order valence-corrected chi connectivity index (χ0v) is 11.5. The molecule has 1 aromatic carbocycles. The maximum Gasteiger partial charge on any atom is 0.255 e. The molecule has 1 saturated heterocycles. The fourth-order valence-electron chi connectivity index (χ4n) is 2.33. The van der Waals surface area contributed by atoms with Crippen LogP contribution in [0.4, 0.5) is 5.69 Å². The molecule has 0 saturated carbocycles. The van der Waals surface area contributed by atoms with Crippen LogP contribution in [0.3, 0.4) is 0 Å². The zero-order valence-electron chi connectivity index (χ0n) is 11.5. The third-order valence-electron chi connectivity index (χ3n) is 3.58. The van der Waals surface area contributed by atoms with Crippen LogP contribution in [0.1, 0.15) is 29.8 Å². The minimum atomic E-state index is -0.830. The van der Waals surface area contributed by atoms with Gasteiger partial charge in [-0.25, -0.2) is 0 Å². The van der Waals surface area contributed by atoms with Crippen LogP contribution in [0.5, 0.6) is 0 Å². The number of nitrogens with zero attached hydrogens (tertiary/aromatic N) is 1. The lowest BCUT2D eigenvalue weighted by atomic mass is 9.96. The number of nitrogen functional groups attached to an aromatic ring is 1. The van der Waals surface area contributed by atoms with Crippen molar-refractivity contribution in [2.45, 2.75) is 26.3 Å². The summed E-state index contributed by atoms with van der Waals surface area (Å²) < 4.78 is 0. The van der Waals surface area contributed by atoms with Crippen LogP contribution in [0.25, 0.3) is 0 Å². The van der Waals surface area contributed by atoms with Gasteiger partial charge in [-0.3, -0.25) is 9.59 Å². The summed E-state index contributed by atoms with van der Waals surface area (Å²) in [6.07, 6.45) is 0. The fourth-order valence-corrected chi connectivity index (χ4v) is 2.33. The lowest BCUT2D eigenvalue weighted by molar-refractivity contribution is -0.133. The number of carbonyl (C=O) groups excluding carboxylic acids is 2. The van der Waals surface area contributed by atoms with Crippen LogP contribution in [-0.4, -0.2) is 35.3 Å². The van der Waals surface area contributed by atoms with Gasteiger partial charge in [0.05, 0.1) is 0 Å². The SMILES string of the molecule is Cc1cc(N)ccc1C(=O)N1CCNC(=O)C1(C)C. The molecule has 2 amide bonds. The van der Waals surface area contributed by atoms with Gasteiger partial charge in [0.1, 0.15) is 5.54 Å². The zero-order chi connectivity index (χ0) is 14.2. The van der Waals surface area contributed by atoms with Crippen molar-refractivity contribution >= 4 is 17.5 Å². The summed E-state index contributed by atoms with van der Waals surface area (Å²) in [6, 6.07) is 5.19. The molecule has 5 heteroatoms. The molecule has 0 spiro atoms. The summed E-state index contributed by atoms with van der Waals surface area (Å²) in [6.45, 7) is 6.36. The van der Waals surface area contributed by atoms with E-state index in [0.717, 1.165) is 5.56 Å². The maximum atomic E-state index is 12.6. The topological polar surface area (TPSA) is 75.4 Å². The van der Waals surface area contributed by atoms with E-state index in [-0.39, 0.29) is 11.8 Å². The Morgan fingerprint density at radius 2 is 2.11 bits per heavy atom. The van der Waals surface area contributed by atoms with Crippen molar-refractivity contribution in [3.8, 4) is 0 Å². The molecule has 3 N–H and O–H groups in total. The first-order valence-corrected chi connectivity index (χ1v) is 6.30. The van der Waals surface area contributed by atoms with Crippen molar-refractivity contribution in [1.82, 2.24) is 10.2 Å². The van der Waals surface area contributed by atoms with Crippen LogP contribution >= 0.6 is 0 Å². The molecule has 0 aliphatic carbocycles. The standard InChI is InChI=1S/C14H19N3O2/c1-9-8-10(15)4-5-11(9)12(18)17-7-6-16-13(19)14(17,2)3/h4-5,8H,6-7,15H2,1-3H3,(H,16,19). The van der Waals surface area contributed by atoms with E-state index >= 15 is 0 Å². The lowest BCUT2D eigenvalue weighted by Crippen LogP contribution is -2.63. The quantitative estimate of drug-likeness (QED) is 0.738. The maximum absolute atomic E-state index is 12.6. The van der Waals surface area contributed by atoms with E-state index in [1.165, 1.54) is 0 Å². The third-order valence-corrected chi connectivity index (χ3v) is 3.58. The van der Waals surface area contributed by atoms with Crippen LogP contribution in [-0.2, 0) is 4.79 Å². The molecule has 1 fully saturated rings. The van der Waals surface area contributed by atoms with E-state index in [9.17, 15) is 9.59 Å². The van der Waals surface area contributed by atoms with Gasteiger partial charge in [0.2, 0.25) is 5.91 Å². The molecule has 1 aromatic rings. The van der Waals surface area contributed by atoms with Gasteiger partial charge >= 0.3 is 0 Å². The molecule has 2 rings (SSSR count). The van der Waals surface area contributed by atoms with Crippen LogP contribution in [0.15, 0.2) is 18.2 Å². The first-order chi connectivity index (χ1) is 8.84. The minimum absolute atomic E-state index is 0.125. The molecular formula is C14H19N3O2. The summed E-state index contributed by atoms with van der Waals surface area (Å²) in [4.78, 5) is 26.1. The second-order valence-electron chi connectivity index (χ2n) is 5.35.